The first-order valence-electron chi connectivity index (χ1n) is 10.5. The second kappa shape index (κ2) is 9.10. The van der Waals surface area contributed by atoms with Gasteiger partial charge in [-0.25, -0.2) is 8.42 Å². The van der Waals surface area contributed by atoms with Crippen LogP contribution >= 0.6 is 11.3 Å². The highest BCUT2D eigenvalue weighted by molar-refractivity contribution is 7.89. The topological polar surface area (TPSA) is 86.8 Å². The number of nitrogens with one attached hydrogen (secondary N) is 1. The molecule has 0 aliphatic carbocycles. The van der Waals surface area contributed by atoms with Crippen LogP contribution in [0.15, 0.2) is 40.6 Å². The van der Waals surface area contributed by atoms with Crippen molar-refractivity contribution >= 4 is 33.2 Å². The van der Waals surface area contributed by atoms with Crippen LogP contribution in [-0.2, 0) is 27.8 Å². The van der Waals surface area contributed by atoms with Crippen molar-refractivity contribution in [2.24, 2.45) is 5.92 Å². The van der Waals surface area contributed by atoms with Crippen LogP contribution in [0.3, 0.4) is 0 Å². The number of likely N-dealkylation sites (tertiary alicyclic amines) is 1. The molecule has 2 aliphatic heterocycles. The molecule has 1 saturated heterocycles. The van der Waals surface area contributed by atoms with Crippen molar-refractivity contribution in [3.8, 4) is 0 Å². The Kier molecular flexibility index (Phi) is 6.45. The zero-order chi connectivity index (χ0) is 22.0. The summed E-state index contributed by atoms with van der Waals surface area (Å²) in [6.07, 6.45) is 2.36. The van der Waals surface area contributed by atoms with Crippen LogP contribution in [0.5, 0.6) is 0 Å². The summed E-state index contributed by atoms with van der Waals surface area (Å²) in [7, 11) is -3.67. The molecule has 1 aromatic carbocycles. The lowest BCUT2D eigenvalue weighted by molar-refractivity contribution is -0.119. The summed E-state index contributed by atoms with van der Waals surface area (Å²) >= 11 is 1.67. The van der Waals surface area contributed by atoms with E-state index in [1.807, 2.05) is 11.4 Å². The molecule has 2 amide bonds. The quantitative estimate of drug-likeness (QED) is 0.741. The van der Waals surface area contributed by atoms with Gasteiger partial charge < -0.3 is 10.2 Å². The predicted molar refractivity (Wildman–Crippen MR) is 119 cm³/mol. The molecule has 2 aromatic rings. The standard InChI is InChI=1S/C22H27N3O4S2/c1-16(26)23-14-17-5-9-24(10-6-17)22(27)18-3-2-4-20(13-18)31(28,29)25-11-7-21-19(15-25)8-12-30-21/h2-4,8,12-13,17H,5-7,9-11,14-15H2,1H3,(H,23,26). The van der Waals surface area contributed by atoms with Gasteiger partial charge in [0.2, 0.25) is 15.9 Å². The lowest BCUT2D eigenvalue weighted by Gasteiger charge is -2.32. The molecule has 4 rings (SSSR count). The van der Waals surface area contributed by atoms with E-state index >= 15 is 0 Å². The molecular weight excluding hydrogens is 434 g/mol. The molecule has 0 saturated carbocycles. The molecule has 31 heavy (non-hydrogen) atoms. The van der Waals surface area contributed by atoms with Gasteiger partial charge >= 0.3 is 0 Å². The van der Waals surface area contributed by atoms with Crippen molar-refractivity contribution < 1.29 is 18.0 Å². The first kappa shape index (κ1) is 22.0. The van der Waals surface area contributed by atoms with Crippen LogP contribution < -0.4 is 5.32 Å². The summed E-state index contributed by atoms with van der Waals surface area (Å²) in [5.74, 6) is 0.176. The summed E-state index contributed by atoms with van der Waals surface area (Å²) in [6, 6.07) is 8.37. The fourth-order valence-electron chi connectivity index (χ4n) is 4.18. The fourth-order valence-corrected chi connectivity index (χ4v) is 6.53. The lowest BCUT2D eigenvalue weighted by Crippen LogP contribution is -2.41. The van der Waals surface area contributed by atoms with Gasteiger partial charge in [-0.15, -0.1) is 11.3 Å². The van der Waals surface area contributed by atoms with Gasteiger partial charge in [-0.2, -0.15) is 4.31 Å². The third kappa shape index (κ3) is 4.83. The van der Waals surface area contributed by atoms with E-state index in [0.717, 1.165) is 24.8 Å². The van der Waals surface area contributed by atoms with E-state index < -0.39 is 10.0 Å². The van der Waals surface area contributed by atoms with Gasteiger partial charge in [-0.3, -0.25) is 9.59 Å². The molecule has 1 N–H and O–H groups in total. The van der Waals surface area contributed by atoms with E-state index in [1.54, 1.807) is 34.4 Å². The third-order valence-electron chi connectivity index (χ3n) is 6.03. The van der Waals surface area contributed by atoms with Crippen molar-refractivity contribution in [3.63, 3.8) is 0 Å². The van der Waals surface area contributed by atoms with E-state index in [0.29, 0.717) is 44.2 Å². The van der Waals surface area contributed by atoms with Crippen LogP contribution in [-0.4, -0.2) is 55.6 Å². The number of amides is 2. The third-order valence-corrected chi connectivity index (χ3v) is 8.90. The Morgan fingerprint density at radius 1 is 1.16 bits per heavy atom. The van der Waals surface area contributed by atoms with Crippen LogP contribution in [0.4, 0.5) is 0 Å². The Labute approximate surface area is 187 Å². The number of fused-ring (bicyclic) bond motifs is 1. The van der Waals surface area contributed by atoms with Crippen molar-refractivity contribution in [1.29, 1.82) is 0 Å². The SMILES string of the molecule is CC(=O)NCC1CCN(C(=O)c2cccc(S(=O)(=O)N3CCc4sccc4C3)c2)CC1. The van der Waals surface area contributed by atoms with Crippen molar-refractivity contribution in [1.82, 2.24) is 14.5 Å². The van der Waals surface area contributed by atoms with E-state index in [9.17, 15) is 18.0 Å². The molecule has 0 atom stereocenters. The van der Waals surface area contributed by atoms with Gasteiger partial charge in [0, 0.05) is 50.1 Å². The number of nitrogens with zero attached hydrogens (tertiary/aromatic N) is 2. The molecule has 9 heteroatoms. The summed E-state index contributed by atoms with van der Waals surface area (Å²) in [5, 5.41) is 4.84. The predicted octanol–water partition coefficient (Wildman–Crippen LogP) is 2.48. The van der Waals surface area contributed by atoms with Crippen LogP contribution in [0, 0.1) is 5.92 Å². The number of rotatable bonds is 5. The maximum atomic E-state index is 13.2. The highest BCUT2D eigenvalue weighted by Crippen LogP contribution is 2.28. The second-order valence-corrected chi connectivity index (χ2v) is 11.1. The minimum atomic E-state index is -3.67. The van der Waals surface area contributed by atoms with Crippen molar-refractivity contribution in [3.05, 3.63) is 51.7 Å². The van der Waals surface area contributed by atoms with Crippen molar-refractivity contribution in [2.45, 2.75) is 37.6 Å². The molecular formula is C22H27N3O4S2. The van der Waals surface area contributed by atoms with Gasteiger partial charge in [0.15, 0.2) is 0 Å². The van der Waals surface area contributed by atoms with Gasteiger partial charge in [-0.1, -0.05) is 6.07 Å². The van der Waals surface area contributed by atoms with Gasteiger partial charge in [-0.05, 0) is 60.4 Å². The lowest BCUT2D eigenvalue weighted by atomic mass is 9.96. The molecule has 0 bridgehead atoms. The Hall–Kier alpha value is -2.23. The highest BCUT2D eigenvalue weighted by atomic mass is 32.2. The molecule has 1 aromatic heterocycles. The summed E-state index contributed by atoms with van der Waals surface area (Å²) in [5.41, 5.74) is 1.46. The second-order valence-electron chi connectivity index (χ2n) is 8.16. The van der Waals surface area contributed by atoms with E-state index in [2.05, 4.69) is 5.32 Å². The average molecular weight is 462 g/mol. The number of hydrogen-bond acceptors (Lipinski definition) is 5. The zero-order valence-electron chi connectivity index (χ0n) is 17.5. The summed E-state index contributed by atoms with van der Waals surface area (Å²) in [6.45, 7) is 4.17. The van der Waals surface area contributed by atoms with Crippen LogP contribution in [0.25, 0.3) is 0 Å². The number of benzene rings is 1. The van der Waals surface area contributed by atoms with E-state index in [1.165, 1.54) is 22.2 Å². The number of carbonyl (C=O) groups excluding carboxylic acids is 2. The number of hydrogen-bond donors (Lipinski definition) is 1. The minimum absolute atomic E-state index is 0.0412. The normalized spacial score (nSPS) is 17.9. The maximum Gasteiger partial charge on any atom is 0.253 e. The Balaban J connectivity index is 1.43. The molecule has 2 aliphatic rings. The molecule has 1 fully saturated rings. The molecule has 0 unspecified atom stereocenters. The highest BCUT2D eigenvalue weighted by Gasteiger charge is 2.30. The molecule has 0 spiro atoms. The Morgan fingerprint density at radius 2 is 1.94 bits per heavy atom. The summed E-state index contributed by atoms with van der Waals surface area (Å²) < 4.78 is 27.9. The molecule has 166 valence electrons. The summed E-state index contributed by atoms with van der Waals surface area (Å²) in [4.78, 5) is 27.3. The van der Waals surface area contributed by atoms with E-state index in [4.69, 9.17) is 0 Å². The molecule has 7 nitrogen and oxygen atoms in total. The molecule has 3 heterocycles. The fraction of sp³-hybridized carbons (Fsp3) is 0.455. The van der Waals surface area contributed by atoms with Gasteiger partial charge in [0.05, 0.1) is 4.90 Å². The number of carbonyl (C=O) groups is 2. The molecule has 0 radical (unpaired) electrons. The maximum absolute atomic E-state index is 13.2. The monoisotopic (exact) mass is 461 g/mol. The van der Waals surface area contributed by atoms with Gasteiger partial charge in [0.1, 0.15) is 0 Å². The Morgan fingerprint density at radius 3 is 2.68 bits per heavy atom. The number of thiophene rings is 1. The van der Waals surface area contributed by atoms with E-state index in [-0.39, 0.29) is 16.7 Å². The largest absolute Gasteiger partial charge is 0.356 e. The zero-order valence-corrected chi connectivity index (χ0v) is 19.2. The van der Waals surface area contributed by atoms with Crippen LogP contribution in [0.2, 0.25) is 0 Å². The van der Waals surface area contributed by atoms with Crippen molar-refractivity contribution in [2.75, 3.05) is 26.2 Å². The first-order valence-corrected chi connectivity index (χ1v) is 12.9. The number of sulfonamides is 1. The first-order chi connectivity index (χ1) is 14.8. The van der Waals surface area contributed by atoms with Crippen LogP contribution in [0.1, 0.15) is 40.6 Å². The smallest absolute Gasteiger partial charge is 0.253 e. The number of piperidine rings is 1. The Bertz CT molecular complexity index is 1070. The van der Waals surface area contributed by atoms with Gasteiger partial charge in [0.25, 0.3) is 5.91 Å². The minimum Gasteiger partial charge on any atom is -0.356 e. The average Bonchev–Trinajstić information content (AvgIpc) is 3.25.